The summed E-state index contributed by atoms with van der Waals surface area (Å²) in [5, 5.41) is 0. The zero-order chi connectivity index (χ0) is 24.7. The molecule has 0 aromatic heterocycles. The topological polar surface area (TPSA) is 44.8 Å². The monoisotopic (exact) mass is 496 g/mol. The smallest absolute Gasteiger partial charge is 0.290 e. The second-order valence-corrected chi connectivity index (χ2v) is 15.3. The molecule has 4 nitrogen and oxygen atoms in total. The Balaban J connectivity index is 1.42. The lowest BCUT2D eigenvalue weighted by molar-refractivity contribution is -0.128. The Morgan fingerprint density at radius 3 is 2.21 bits per heavy atom. The third kappa shape index (κ3) is 4.97. The molecule has 0 amide bonds. The highest BCUT2D eigenvalue weighted by Gasteiger charge is 2.60. The largest absolute Gasteiger partial charge is 0.474 e. The molecule has 198 valence electrons. The van der Waals surface area contributed by atoms with Crippen molar-refractivity contribution in [1.29, 1.82) is 0 Å². The lowest BCUT2D eigenvalue weighted by atomic mass is 9.44. The lowest BCUT2D eigenvalue weighted by Gasteiger charge is -2.61. The van der Waals surface area contributed by atoms with E-state index in [0.717, 1.165) is 48.3 Å². The van der Waals surface area contributed by atoms with E-state index in [2.05, 4.69) is 34.6 Å². The van der Waals surface area contributed by atoms with Gasteiger partial charge in [-0.15, -0.1) is 0 Å². The molecule has 4 rings (SSSR count). The molecule has 0 spiro atoms. The molecule has 0 aromatic carbocycles. The summed E-state index contributed by atoms with van der Waals surface area (Å²) in [6.45, 7) is 12.6. The van der Waals surface area contributed by atoms with Gasteiger partial charge in [-0.3, -0.25) is 13.6 Å². The van der Waals surface area contributed by atoms with Crippen molar-refractivity contribution in [2.24, 2.45) is 52.3 Å². The molecule has 34 heavy (non-hydrogen) atoms. The molecule has 0 bridgehead atoms. The Hall–Kier alpha value is 0.110. The first kappa shape index (κ1) is 27.2. The molecule has 0 heterocycles. The zero-order valence-corrected chi connectivity index (χ0v) is 24.1. The van der Waals surface area contributed by atoms with Gasteiger partial charge < -0.3 is 0 Å². The Morgan fingerprint density at radius 2 is 1.53 bits per heavy atom. The molecule has 0 saturated heterocycles. The molecule has 9 atom stereocenters. The summed E-state index contributed by atoms with van der Waals surface area (Å²) in [5.74, 6) is 6.01. The molecule has 0 aromatic rings. The highest BCUT2D eigenvalue weighted by Crippen LogP contribution is 2.69. The molecule has 4 saturated carbocycles. The van der Waals surface area contributed by atoms with E-state index in [1.165, 1.54) is 78.4 Å². The van der Waals surface area contributed by atoms with E-state index in [1.54, 1.807) is 0 Å². The minimum atomic E-state index is -3.40. The van der Waals surface area contributed by atoms with Gasteiger partial charge in [-0.25, -0.2) is 4.57 Å². The van der Waals surface area contributed by atoms with Gasteiger partial charge in [0.1, 0.15) is 0 Å². The standard InChI is InChI=1S/C29H53O4P/c1-20(2)9-8-10-21(3)25-13-14-26-24-12-11-22-19-23(33-34(30,31-6)32-7)15-17-28(22,4)27(24)16-18-29(25,26)5/h20-27H,8-19H2,1-7H3/t21-,22+,23?,24+,25-,26+,27+,28+,29-/m1/s1. The predicted molar refractivity (Wildman–Crippen MR) is 140 cm³/mol. The van der Waals surface area contributed by atoms with Gasteiger partial charge in [0.2, 0.25) is 0 Å². The molecule has 0 N–H and O–H groups in total. The number of fused-ring (bicyclic) bond motifs is 5. The van der Waals surface area contributed by atoms with Crippen molar-refractivity contribution in [3.63, 3.8) is 0 Å². The molecule has 1 unspecified atom stereocenters. The minimum Gasteiger partial charge on any atom is -0.290 e. The molecular formula is C29H53O4P. The van der Waals surface area contributed by atoms with Crippen molar-refractivity contribution in [1.82, 2.24) is 0 Å². The number of rotatable bonds is 9. The first-order chi connectivity index (χ1) is 16.1. The summed E-state index contributed by atoms with van der Waals surface area (Å²) in [6.07, 6.45) is 15.9. The van der Waals surface area contributed by atoms with Gasteiger partial charge in [0.15, 0.2) is 0 Å². The predicted octanol–water partition coefficient (Wildman–Crippen LogP) is 8.89. The normalized spacial score (nSPS) is 43.3. The third-order valence-electron chi connectivity index (χ3n) is 11.5. The van der Waals surface area contributed by atoms with E-state index >= 15 is 0 Å². The maximum Gasteiger partial charge on any atom is 0.474 e. The van der Waals surface area contributed by atoms with Gasteiger partial charge in [-0.05, 0) is 110 Å². The van der Waals surface area contributed by atoms with Crippen LogP contribution < -0.4 is 0 Å². The van der Waals surface area contributed by atoms with Crippen LogP contribution >= 0.6 is 7.82 Å². The van der Waals surface area contributed by atoms with Crippen molar-refractivity contribution in [3.05, 3.63) is 0 Å². The van der Waals surface area contributed by atoms with E-state index in [0.29, 0.717) is 16.7 Å². The molecular weight excluding hydrogens is 443 g/mol. The molecule has 4 aliphatic carbocycles. The van der Waals surface area contributed by atoms with E-state index in [-0.39, 0.29) is 6.10 Å². The van der Waals surface area contributed by atoms with Crippen LogP contribution in [-0.4, -0.2) is 20.3 Å². The Bertz CT molecular complexity index is 732. The van der Waals surface area contributed by atoms with Gasteiger partial charge in [-0.2, -0.15) is 0 Å². The fourth-order valence-corrected chi connectivity index (χ4v) is 10.6. The van der Waals surface area contributed by atoms with Crippen LogP contribution in [0.5, 0.6) is 0 Å². The molecule has 4 aliphatic rings. The quantitative estimate of drug-likeness (QED) is 0.299. The number of hydrogen-bond donors (Lipinski definition) is 0. The van der Waals surface area contributed by atoms with Crippen molar-refractivity contribution >= 4 is 7.82 Å². The second kappa shape index (κ2) is 10.5. The highest BCUT2D eigenvalue weighted by atomic mass is 31.2. The van der Waals surface area contributed by atoms with Gasteiger partial charge in [0.05, 0.1) is 6.10 Å². The van der Waals surface area contributed by atoms with E-state index < -0.39 is 7.82 Å². The van der Waals surface area contributed by atoms with Crippen molar-refractivity contribution in [3.8, 4) is 0 Å². The van der Waals surface area contributed by atoms with Gasteiger partial charge >= 0.3 is 7.82 Å². The van der Waals surface area contributed by atoms with E-state index in [1.807, 2.05) is 0 Å². The molecule has 4 fully saturated rings. The first-order valence-corrected chi connectivity index (χ1v) is 15.9. The Kier molecular flexibility index (Phi) is 8.36. The number of hydrogen-bond acceptors (Lipinski definition) is 4. The Labute approximate surface area is 210 Å². The van der Waals surface area contributed by atoms with Crippen molar-refractivity contribution in [2.45, 2.75) is 118 Å². The molecule has 5 heteroatoms. The van der Waals surface area contributed by atoms with Crippen LogP contribution in [0.3, 0.4) is 0 Å². The summed E-state index contributed by atoms with van der Waals surface area (Å²) in [4.78, 5) is 0. The van der Waals surface area contributed by atoms with Gasteiger partial charge in [-0.1, -0.05) is 53.9 Å². The van der Waals surface area contributed by atoms with Gasteiger partial charge in [0, 0.05) is 14.2 Å². The second-order valence-electron chi connectivity index (χ2n) is 13.5. The van der Waals surface area contributed by atoms with Crippen LogP contribution in [0.25, 0.3) is 0 Å². The third-order valence-corrected chi connectivity index (χ3v) is 13.0. The van der Waals surface area contributed by atoms with E-state index in [9.17, 15) is 4.57 Å². The first-order valence-electron chi connectivity index (χ1n) is 14.5. The summed E-state index contributed by atoms with van der Waals surface area (Å²) >= 11 is 0. The Morgan fingerprint density at radius 1 is 0.853 bits per heavy atom. The fourth-order valence-electron chi connectivity index (χ4n) is 9.68. The summed E-state index contributed by atoms with van der Waals surface area (Å²) in [7, 11) is -0.566. The van der Waals surface area contributed by atoms with Crippen LogP contribution in [0.2, 0.25) is 0 Å². The number of phosphoric acid groups is 1. The average molecular weight is 497 g/mol. The SMILES string of the molecule is COP(=O)(OC)OC1CC[C@@]2(C)[C@@H](CC[C@@H]3[C@@H]2CC[C@]2(C)[C@@H]([C@H](C)CCCC(C)C)CC[C@@H]32)C1. The maximum absolute atomic E-state index is 12.6. The van der Waals surface area contributed by atoms with Crippen LogP contribution in [0.1, 0.15) is 112 Å². The fraction of sp³-hybridized carbons (Fsp3) is 1.00. The maximum atomic E-state index is 12.6. The number of phosphoric ester groups is 1. The molecule has 0 aliphatic heterocycles. The minimum absolute atomic E-state index is 0.00300. The van der Waals surface area contributed by atoms with Crippen molar-refractivity contribution < 1.29 is 18.1 Å². The summed E-state index contributed by atoms with van der Waals surface area (Å²) in [5.41, 5.74) is 0.973. The summed E-state index contributed by atoms with van der Waals surface area (Å²) < 4.78 is 28.6. The summed E-state index contributed by atoms with van der Waals surface area (Å²) in [6, 6.07) is 0. The zero-order valence-electron chi connectivity index (χ0n) is 23.2. The van der Waals surface area contributed by atoms with E-state index in [4.69, 9.17) is 13.6 Å². The van der Waals surface area contributed by atoms with Crippen LogP contribution in [0.15, 0.2) is 0 Å². The van der Waals surface area contributed by atoms with Crippen LogP contribution in [0.4, 0.5) is 0 Å². The molecule has 0 radical (unpaired) electrons. The van der Waals surface area contributed by atoms with Crippen molar-refractivity contribution in [2.75, 3.05) is 14.2 Å². The van der Waals surface area contributed by atoms with Crippen LogP contribution in [0, 0.1) is 52.3 Å². The lowest BCUT2D eigenvalue weighted by Crippen LogP contribution is -2.54. The average Bonchev–Trinajstić information content (AvgIpc) is 3.16. The highest BCUT2D eigenvalue weighted by molar-refractivity contribution is 7.48. The van der Waals surface area contributed by atoms with Crippen LogP contribution in [-0.2, 0) is 18.1 Å². The van der Waals surface area contributed by atoms with Gasteiger partial charge in [0.25, 0.3) is 0 Å².